The fourth-order valence-corrected chi connectivity index (χ4v) is 5.27. The maximum Gasteiger partial charge on any atom is 0.403 e. The summed E-state index contributed by atoms with van der Waals surface area (Å²) in [5, 5.41) is 11.5. The van der Waals surface area contributed by atoms with Gasteiger partial charge in [0.15, 0.2) is 0 Å². The molecule has 9 heteroatoms. The van der Waals surface area contributed by atoms with Crippen molar-refractivity contribution in [1.29, 1.82) is 0 Å². The van der Waals surface area contributed by atoms with E-state index >= 15 is 0 Å². The van der Waals surface area contributed by atoms with Crippen molar-refractivity contribution in [3.8, 4) is 0 Å². The molecule has 3 aliphatic rings. The monoisotopic (exact) mass is 438 g/mol. The van der Waals surface area contributed by atoms with Gasteiger partial charge >= 0.3 is 6.18 Å². The summed E-state index contributed by atoms with van der Waals surface area (Å²) in [5.74, 6) is -0.254. The summed E-state index contributed by atoms with van der Waals surface area (Å²) in [5.41, 5.74) is 2.86. The molecule has 170 valence electrons. The quantitative estimate of drug-likeness (QED) is 0.581. The summed E-state index contributed by atoms with van der Waals surface area (Å²) in [6.07, 6.45) is -2.39. The molecule has 0 aliphatic carbocycles. The molecule has 5 atom stereocenters. The van der Waals surface area contributed by atoms with Crippen LogP contribution in [0.4, 0.5) is 13.2 Å². The van der Waals surface area contributed by atoms with Crippen molar-refractivity contribution in [2.45, 2.75) is 62.8 Å². The van der Waals surface area contributed by atoms with E-state index in [1.807, 2.05) is 25.1 Å². The molecule has 0 bridgehead atoms. The third kappa shape index (κ3) is 4.57. The average molecular weight is 438 g/mol. The summed E-state index contributed by atoms with van der Waals surface area (Å²) >= 11 is 0. The van der Waals surface area contributed by atoms with E-state index in [9.17, 15) is 22.8 Å². The zero-order chi connectivity index (χ0) is 22.2. The van der Waals surface area contributed by atoms with E-state index in [-0.39, 0.29) is 36.6 Å². The Balaban J connectivity index is 1.47. The van der Waals surface area contributed by atoms with Gasteiger partial charge in [0.2, 0.25) is 5.91 Å². The van der Waals surface area contributed by atoms with Gasteiger partial charge in [-0.05, 0) is 67.8 Å². The Kier molecular flexibility index (Phi) is 6.25. The lowest BCUT2D eigenvalue weighted by molar-refractivity contribution is -0.162. The summed E-state index contributed by atoms with van der Waals surface area (Å²) in [4.78, 5) is 25.2. The number of nitrogens with one attached hydrogen (secondary N) is 4. The smallest absolute Gasteiger partial charge is 0.352 e. The number of fused-ring (bicyclic) bond motifs is 1. The molecule has 0 saturated carbocycles. The van der Waals surface area contributed by atoms with Gasteiger partial charge in [0.05, 0.1) is 6.04 Å². The highest BCUT2D eigenvalue weighted by atomic mass is 19.4. The number of hydrogen-bond donors (Lipinski definition) is 4. The maximum absolute atomic E-state index is 13.1. The number of benzene rings is 1. The number of carbonyl (C=O) groups is 2. The Bertz CT molecular complexity index is 845. The molecule has 31 heavy (non-hydrogen) atoms. The number of alkyl halides is 3. The number of halogens is 3. The normalized spacial score (nSPS) is 31.5. The van der Waals surface area contributed by atoms with Crippen LogP contribution in [0.5, 0.6) is 0 Å². The van der Waals surface area contributed by atoms with Crippen LogP contribution in [0.1, 0.15) is 53.6 Å². The molecule has 4 N–H and O–H groups in total. The molecule has 4 rings (SSSR count). The van der Waals surface area contributed by atoms with Crippen LogP contribution >= 0.6 is 0 Å². The van der Waals surface area contributed by atoms with Gasteiger partial charge in [-0.15, -0.1) is 0 Å². The first kappa shape index (κ1) is 22.1. The van der Waals surface area contributed by atoms with E-state index in [2.05, 4.69) is 21.3 Å². The van der Waals surface area contributed by atoms with E-state index in [1.54, 1.807) is 0 Å². The summed E-state index contributed by atoms with van der Waals surface area (Å²) in [6.45, 7) is 3.47. The van der Waals surface area contributed by atoms with Crippen molar-refractivity contribution in [3.05, 3.63) is 34.9 Å². The van der Waals surface area contributed by atoms with Gasteiger partial charge in [0.1, 0.15) is 6.04 Å². The van der Waals surface area contributed by atoms with E-state index in [4.69, 9.17) is 0 Å². The predicted octanol–water partition coefficient (Wildman–Crippen LogP) is 1.85. The van der Waals surface area contributed by atoms with Crippen LogP contribution < -0.4 is 21.3 Å². The average Bonchev–Trinajstić information content (AvgIpc) is 2.73. The van der Waals surface area contributed by atoms with Gasteiger partial charge in [-0.1, -0.05) is 19.1 Å². The Morgan fingerprint density at radius 2 is 1.90 bits per heavy atom. The van der Waals surface area contributed by atoms with Crippen molar-refractivity contribution in [2.24, 2.45) is 5.92 Å². The first-order valence-electron chi connectivity index (χ1n) is 11.0. The second-order valence-corrected chi connectivity index (χ2v) is 8.84. The zero-order valence-electron chi connectivity index (χ0n) is 17.5. The highest BCUT2D eigenvalue weighted by Gasteiger charge is 2.43. The molecule has 3 heterocycles. The standard InChI is InChI=1S/C22H29F3N4O2/c1-12-14(15-3-2-4-17-16(15)7-10-28-20(17)30)6-9-27-19(12)21(31)29-13-5-8-26-18(11-13)22(23,24)25/h2-4,12-14,18-19,26-27H,5-11H2,1H3,(H,28,30)(H,29,31). The second kappa shape index (κ2) is 8.78. The molecular formula is C22H29F3N4O2. The van der Waals surface area contributed by atoms with Crippen molar-refractivity contribution in [3.63, 3.8) is 0 Å². The molecule has 1 aromatic carbocycles. The molecule has 0 aromatic heterocycles. The zero-order valence-corrected chi connectivity index (χ0v) is 17.5. The van der Waals surface area contributed by atoms with Gasteiger partial charge in [0.25, 0.3) is 5.91 Å². The Hall–Kier alpha value is -2.13. The molecule has 3 aliphatic heterocycles. The minimum Gasteiger partial charge on any atom is -0.352 e. The number of rotatable bonds is 3. The van der Waals surface area contributed by atoms with Crippen molar-refractivity contribution in [2.75, 3.05) is 19.6 Å². The second-order valence-electron chi connectivity index (χ2n) is 8.84. The van der Waals surface area contributed by atoms with Crippen LogP contribution in [0, 0.1) is 5.92 Å². The van der Waals surface area contributed by atoms with E-state index in [0.29, 0.717) is 25.1 Å². The SMILES string of the molecule is CC1C(C(=O)NC2CCNC(C(F)(F)F)C2)NCCC1c1cccc2c1CCNC2=O. The predicted molar refractivity (Wildman–Crippen MR) is 110 cm³/mol. The molecule has 2 fully saturated rings. The number of carbonyl (C=O) groups excluding carboxylic acids is 2. The number of hydrogen-bond acceptors (Lipinski definition) is 4. The molecular weight excluding hydrogens is 409 g/mol. The molecule has 0 radical (unpaired) electrons. The third-order valence-electron chi connectivity index (χ3n) is 6.92. The Morgan fingerprint density at radius 3 is 2.68 bits per heavy atom. The fourth-order valence-electron chi connectivity index (χ4n) is 5.27. The summed E-state index contributed by atoms with van der Waals surface area (Å²) in [6, 6.07) is 3.19. The maximum atomic E-state index is 13.1. The first-order chi connectivity index (χ1) is 14.8. The molecule has 6 nitrogen and oxygen atoms in total. The van der Waals surface area contributed by atoms with Gasteiger partial charge in [-0.25, -0.2) is 0 Å². The molecule has 0 spiro atoms. The van der Waals surface area contributed by atoms with Crippen LogP contribution in [0.2, 0.25) is 0 Å². The fraction of sp³-hybridized carbons (Fsp3) is 0.636. The van der Waals surface area contributed by atoms with Gasteiger partial charge in [0, 0.05) is 18.2 Å². The van der Waals surface area contributed by atoms with Crippen molar-refractivity contribution < 1.29 is 22.8 Å². The lowest BCUT2D eigenvalue weighted by Crippen LogP contribution is -2.58. The van der Waals surface area contributed by atoms with E-state index < -0.39 is 24.3 Å². The molecule has 1 aromatic rings. The molecule has 2 saturated heterocycles. The topological polar surface area (TPSA) is 82.3 Å². The Labute approximate surface area is 179 Å². The van der Waals surface area contributed by atoms with E-state index in [1.165, 1.54) is 0 Å². The van der Waals surface area contributed by atoms with Crippen LogP contribution in [-0.2, 0) is 11.2 Å². The number of piperidine rings is 2. The van der Waals surface area contributed by atoms with Crippen molar-refractivity contribution >= 4 is 11.8 Å². The molecule has 2 amide bonds. The van der Waals surface area contributed by atoms with Gasteiger partial charge in [-0.3, -0.25) is 9.59 Å². The Morgan fingerprint density at radius 1 is 1.13 bits per heavy atom. The van der Waals surface area contributed by atoms with E-state index in [0.717, 1.165) is 24.0 Å². The van der Waals surface area contributed by atoms with Crippen LogP contribution in [0.15, 0.2) is 18.2 Å². The van der Waals surface area contributed by atoms with Crippen LogP contribution in [0.3, 0.4) is 0 Å². The van der Waals surface area contributed by atoms with Crippen LogP contribution in [0.25, 0.3) is 0 Å². The highest BCUT2D eigenvalue weighted by molar-refractivity contribution is 5.97. The molecule has 5 unspecified atom stereocenters. The van der Waals surface area contributed by atoms with Crippen LogP contribution in [-0.4, -0.2) is 55.8 Å². The first-order valence-corrected chi connectivity index (χ1v) is 11.0. The minimum atomic E-state index is -4.32. The van der Waals surface area contributed by atoms with Gasteiger partial charge < -0.3 is 21.3 Å². The lowest BCUT2D eigenvalue weighted by Gasteiger charge is -2.39. The lowest BCUT2D eigenvalue weighted by atomic mass is 9.74. The highest BCUT2D eigenvalue weighted by Crippen LogP contribution is 2.37. The van der Waals surface area contributed by atoms with Crippen molar-refractivity contribution in [1.82, 2.24) is 21.3 Å². The summed E-state index contributed by atoms with van der Waals surface area (Å²) < 4.78 is 39.2. The largest absolute Gasteiger partial charge is 0.403 e. The summed E-state index contributed by atoms with van der Waals surface area (Å²) in [7, 11) is 0. The minimum absolute atomic E-state index is 0.0506. The third-order valence-corrected chi connectivity index (χ3v) is 6.92. The number of amides is 2. The van der Waals surface area contributed by atoms with Gasteiger partial charge in [-0.2, -0.15) is 13.2 Å².